The van der Waals surface area contributed by atoms with Crippen LogP contribution in [-0.4, -0.2) is 26.3 Å². The fourth-order valence-electron chi connectivity index (χ4n) is 1.75. The van der Waals surface area contributed by atoms with E-state index in [4.69, 9.17) is 10.5 Å². The summed E-state index contributed by atoms with van der Waals surface area (Å²) in [5, 5.41) is 3.27. The molecule has 1 aromatic rings. The molecular formula is C14H22F2N2O2. The van der Waals surface area contributed by atoms with E-state index in [1.54, 1.807) is 19.1 Å². The Morgan fingerprint density at radius 1 is 1.25 bits per heavy atom. The molecule has 3 N–H and O–H groups in total. The van der Waals surface area contributed by atoms with Gasteiger partial charge >= 0.3 is 6.61 Å². The first-order valence-corrected chi connectivity index (χ1v) is 6.78. The molecule has 0 bridgehead atoms. The van der Waals surface area contributed by atoms with E-state index < -0.39 is 6.61 Å². The molecule has 1 rings (SSSR count). The number of nitrogens with one attached hydrogen (secondary N) is 1. The molecule has 20 heavy (non-hydrogen) atoms. The summed E-state index contributed by atoms with van der Waals surface area (Å²) in [6.45, 7) is 1.55. The molecule has 0 fully saturated rings. The molecule has 1 aromatic carbocycles. The van der Waals surface area contributed by atoms with Crippen LogP contribution in [0.25, 0.3) is 0 Å². The highest BCUT2D eigenvalue weighted by Gasteiger charge is 2.11. The summed E-state index contributed by atoms with van der Waals surface area (Å²) in [6, 6.07) is 4.97. The second-order valence-electron chi connectivity index (χ2n) is 4.27. The zero-order chi connectivity index (χ0) is 14.8. The lowest BCUT2D eigenvalue weighted by Crippen LogP contribution is -2.16. The van der Waals surface area contributed by atoms with E-state index in [1.807, 2.05) is 0 Å². The number of ether oxygens (including phenoxy) is 2. The quantitative estimate of drug-likeness (QED) is 0.650. The SMILES string of the molecule is CCOc1cc(CNCCCCN)ccc1OC(F)F. The van der Waals surface area contributed by atoms with Crippen LogP contribution in [-0.2, 0) is 6.54 Å². The molecule has 4 nitrogen and oxygen atoms in total. The lowest BCUT2D eigenvalue weighted by molar-refractivity contribution is -0.0514. The van der Waals surface area contributed by atoms with Gasteiger partial charge in [0.1, 0.15) is 0 Å². The average molecular weight is 288 g/mol. The Bertz CT molecular complexity index is 389. The zero-order valence-corrected chi connectivity index (χ0v) is 11.7. The molecule has 0 atom stereocenters. The lowest BCUT2D eigenvalue weighted by atomic mass is 10.2. The molecule has 6 heteroatoms. The third-order valence-electron chi connectivity index (χ3n) is 2.66. The molecule has 0 radical (unpaired) electrons. The third kappa shape index (κ3) is 6.16. The maximum Gasteiger partial charge on any atom is 0.387 e. The Morgan fingerprint density at radius 2 is 2.05 bits per heavy atom. The van der Waals surface area contributed by atoms with E-state index >= 15 is 0 Å². The smallest absolute Gasteiger partial charge is 0.387 e. The molecule has 0 aliphatic heterocycles. The summed E-state index contributed by atoms with van der Waals surface area (Å²) in [7, 11) is 0. The van der Waals surface area contributed by atoms with E-state index in [-0.39, 0.29) is 5.75 Å². The second kappa shape index (κ2) is 9.50. The molecule has 114 valence electrons. The number of halogens is 2. The standard InChI is InChI=1S/C14H22F2N2O2/c1-2-19-13-9-11(10-18-8-4-3-7-17)5-6-12(13)20-14(15)16/h5-6,9,14,18H,2-4,7-8,10,17H2,1H3. The van der Waals surface area contributed by atoms with Gasteiger partial charge in [0.25, 0.3) is 0 Å². The Morgan fingerprint density at radius 3 is 2.70 bits per heavy atom. The van der Waals surface area contributed by atoms with Gasteiger partial charge in [0.05, 0.1) is 6.61 Å². The fourth-order valence-corrected chi connectivity index (χ4v) is 1.75. The number of alkyl halides is 2. The van der Waals surface area contributed by atoms with Crippen molar-refractivity contribution in [2.75, 3.05) is 19.7 Å². The van der Waals surface area contributed by atoms with Gasteiger partial charge in [0.15, 0.2) is 11.5 Å². The van der Waals surface area contributed by atoms with Crippen molar-refractivity contribution in [2.45, 2.75) is 32.9 Å². The molecular weight excluding hydrogens is 266 g/mol. The molecule has 0 aliphatic rings. The van der Waals surface area contributed by atoms with Crippen molar-refractivity contribution in [3.05, 3.63) is 23.8 Å². The maximum atomic E-state index is 12.3. The highest BCUT2D eigenvalue weighted by atomic mass is 19.3. The van der Waals surface area contributed by atoms with Crippen LogP contribution in [0.3, 0.4) is 0 Å². The van der Waals surface area contributed by atoms with Crippen LogP contribution < -0.4 is 20.5 Å². The van der Waals surface area contributed by atoms with E-state index in [1.165, 1.54) is 6.07 Å². The minimum atomic E-state index is -2.85. The Kier molecular flexibility index (Phi) is 7.91. The number of hydrogen-bond acceptors (Lipinski definition) is 4. The molecule has 0 unspecified atom stereocenters. The van der Waals surface area contributed by atoms with Gasteiger partial charge in [-0.25, -0.2) is 0 Å². The minimum absolute atomic E-state index is 0.0636. The first-order valence-electron chi connectivity index (χ1n) is 6.78. The van der Waals surface area contributed by atoms with Crippen LogP contribution in [0, 0.1) is 0 Å². The summed E-state index contributed by atoms with van der Waals surface area (Å²) in [5.74, 6) is 0.405. The van der Waals surface area contributed by atoms with Gasteiger partial charge in [0.2, 0.25) is 0 Å². The van der Waals surface area contributed by atoms with Crippen molar-refractivity contribution in [3.63, 3.8) is 0 Å². The summed E-state index contributed by atoms with van der Waals surface area (Å²) < 4.78 is 34.3. The Balaban J connectivity index is 2.57. The van der Waals surface area contributed by atoms with Gasteiger partial charge in [-0.15, -0.1) is 0 Å². The van der Waals surface area contributed by atoms with Crippen molar-refractivity contribution >= 4 is 0 Å². The first kappa shape index (κ1) is 16.7. The van der Waals surface area contributed by atoms with Crippen LogP contribution in [0.1, 0.15) is 25.3 Å². The number of rotatable bonds is 10. The minimum Gasteiger partial charge on any atom is -0.490 e. The number of unbranched alkanes of at least 4 members (excludes halogenated alkanes) is 1. The molecule has 0 spiro atoms. The highest BCUT2D eigenvalue weighted by molar-refractivity contribution is 5.43. The van der Waals surface area contributed by atoms with Crippen molar-refractivity contribution < 1.29 is 18.3 Å². The van der Waals surface area contributed by atoms with Crippen LogP contribution in [0.5, 0.6) is 11.5 Å². The lowest BCUT2D eigenvalue weighted by Gasteiger charge is -2.13. The fraction of sp³-hybridized carbons (Fsp3) is 0.571. The molecule has 0 saturated carbocycles. The topological polar surface area (TPSA) is 56.5 Å². The van der Waals surface area contributed by atoms with Crippen molar-refractivity contribution in [3.8, 4) is 11.5 Å². The number of hydrogen-bond donors (Lipinski definition) is 2. The van der Waals surface area contributed by atoms with E-state index in [0.29, 0.717) is 25.4 Å². The summed E-state index contributed by atoms with van der Waals surface area (Å²) in [5.41, 5.74) is 6.37. The Hall–Kier alpha value is -1.40. The van der Waals surface area contributed by atoms with Gasteiger partial charge in [-0.3, -0.25) is 0 Å². The van der Waals surface area contributed by atoms with Crippen LogP contribution in [0.4, 0.5) is 8.78 Å². The largest absolute Gasteiger partial charge is 0.490 e. The molecule has 0 aromatic heterocycles. The normalized spacial score (nSPS) is 10.8. The third-order valence-corrected chi connectivity index (χ3v) is 2.66. The average Bonchev–Trinajstić information content (AvgIpc) is 2.41. The molecule has 0 aliphatic carbocycles. The molecule has 0 saturated heterocycles. The zero-order valence-electron chi connectivity index (χ0n) is 11.7. The maximum absolute atomic E-state index is 12.3. The van der Waals surface area contributed by atoms with Crippen molar-refractivity contribution in [2.24, 2.45) is 5.73 Å². The van der Waals surface area contributed by atoms with E-state index in [2.05, 4.69) is 10.1 Å². The summed E-state index contributed by atoms with van der Waals surface area (Å²) in [4.78, 5) is 0. The van der Waals surface area contributed by atoms with Crippen LogP contribution in [0.15, 0.2) is 18.2 Å². The van der Waals surface area contributed by atoms with E-state index in [9.17, 15) is 8.78 Å². The number of nitrogens with two attached hydrogens (primary N) is 1. The number of benzene rings is 1. The van der Waals surface area contributed by atoms with Gasteiger partial charge < -0.3 is 20.5 Å². The van der Waals surface area contributed by atoms with Gasteiger partial charge in [-0.2, -0.15) is 8.78 Å². The highest BCUT2D eigenvalue weighted by Crippen LogP contribution is 2.29. The molecule has 0 heterocycles. The summed E-state index contributed by atoms with van der Waals surface area (Å²) in [6.07, 6.45) is 2.00. The first-order chi connectivity index (χ1) is 9.67. The van der Waals surface area contributed by atoms with Crippen molar-refractivity contribution in [1.82, 2.24) is 5.32 Å². The van der Waals surface area contributed by atoms with E-state index in [0.717, 1.165) is 24.9 Å². The predicted octanol–water partition coefficient (Wildman–Crippen LogP) is 2.52. The van der Waals surface area contributed by atoms with Crippen molar-refractivity contribution in [1.29, 1.82) is 0 Å². The predicted molar refractivity (Wildman–Crippen MR) is 74.2 cm³/mol. The van der Waals surface area contributed by atoms with Gasteiger partial charge in [0, 0.05) is 6.54 Å². The second-order valence-corrected chi connectivity index (χ2v) is 4.27. The molecule has 0 amide bonds. The van der Waals surface area contributed by atoms with Gasteiger partial charge in [-0.05, 0) is 50.6 Å². The van der Waals surface area contributed by atoms with Gasteiger partial charge in [-0.1, -0.05) is 6.07 Å². The Labute approximate surface area is 118 Å². The van der Waals surface area contributed by atoms with Crippen LogP contribution >= 0.6 is 0 Å². The summed E-state index contributed by atoms with van der Waals surface area (Å²) >= 11 is 0. The monoisotopic (exact) mass is 288 g/mol. The van der Waals surface area contributed by atoms with Crippen LogP contribution in [0.2, 0.25) is 0 Å².